The Morgan fingerprint density at radius 2 is 2.20 bits per heavy atom. The molecule has 0 aliphatic carbocycles. The molecule has 1 aromatic rings. The van der Waals surface area contributed by atoms with Crippen molar-refractivity contribution >= 4 is 5.91 Å². The predicted octanol–water partition coefficient (Wildman–Crippen LogP) is 0.783. The average Bonchev–Trinajstić information content (AvgIpc) is 2.46. The van der Waals surface area contributed by atoms with Gasteiger partial charge in [0.2, 0.25) is 5.91 Å². The fourth-order valence-electron chi connectivity index (χ4n) is 1.85. The smallest absolute Gasteiger partial charge is 0.238 e. The summed E-state index contributed by atoms with van der Waals surface area (Å²) in [4.78, 5) is 11.4. The van der Waals surface area contributed by atoms with E-state index in [-0.39, 0.29) is 12.5 Å². The largest absolute Gasteiger partial charge is 0.355 e. The lowest BCUT2D eigenvalue weighted by Crippen LogP contribution is -2.45. The molecule has 4 heteroatoms. The van der Waals surface area contributed by atoms with Gasteiger partial charge in [-0.05, 0) is 43.9 Å². The van der Waals surface area contributed by atoms with E-state index >= 15 is 0 Å². The number of amides is 1. The normalized spacial score (nSPS) is 11.3. The highest BCUT2D eigenvalue weighted by atomic mass is 16.2. The zero-order chi connectivity index (χ0) is 14.8. The van der Waals surface area contributed by atoms with Crippen molar-refractivity contribution in [2.45, 2.75) is 32.2 Å². The van der Waals surface area contributed by atoms with Crippen LogP contribution in [0.15, 0.2) is 24.3 Å². The molecular formula is C16H23N3O. The van der Waals surface area contributed by atoms with Crippen LogP contribution in [0.3, 0.4) is 0 Å². The predicted molar refractivity (Wildman–Crippen MR) is 82.0 cm³/mol. The summed E-state index contributed by atoms with van der Waals surface area (Å²) in [7, 11) is 0. The van der Waals surface area contributed by atoms with Crippen LogP contribution in [-0.4, -0.2) is 25.0 Å². The van der Waals surface area contributed by atoms with Gasteiger partial charge >= 0.3 is 0 Å². The van der Waals surface area contributed by atoms with Crippen LogP contribution in [0.5, 0.6) is 0 Å². The maximum Gasteiger partial charge on any atom is 0.238 e. The molecule has 1 atom stereocenters. The van der Waals surface area contributed by atoms with Crippen molar-refractivity contribution in [3.8, 4) is 11.8 Å². The summed E-state index contributed by atoms with van der Waals surface area (Å²) in [6, 6.07) is 7.65. The first kappa shape index (κ1) is 16.2. The van der Waals surface area contributed by atoms with Crippen molar-refractivity contribution < 1.29 is 4.79 Å². The lowest BCUT2D eigenvalue weighted by Gasteiger charge is -2.09. The van der Waals surface area contributed by atoms with Crippen molar-refractivity contribution in [2.75, 3.05) is 13.1 Å². The van der Waals surface area contributed by atoms with Gasteiger partial charge in [0.05, 0.1) is 6.04 Å². The third kappa shape index (κ3) is 5.87. The number of unbranched alkanes of at least 4 members (excludes halogenated alkanes) is 1. The van der Waals surface area contributed by atoms with Gasteiger partial charge < -0.3 is 16.8 Å². The second kappa shape index (κ2) is 9.13. The lowest BCUT2D eigenvalue weighted by molar-refractivity contribution is -0.122. The second-order valence-corrected chi connectivity index (χ2v) is 4.67. The summed E-state index contributed by atoms with van der Waals surface area (Å²) in [5.74, 6) is 5.77. The fraction of sp³-hybridized carbons (Fsp3) is 0.438. The van der Waals surface area contributed by atoms with Crippen LogP contribution in [-0.2, 0) is 11.2 Å². The van der Waals surface area contributed by atoms with Gasteiger partial charge in [0, 0.05) is 18.7 Å². The van der Waals surface area contributed by atoms with Crippen molar-refractivity contribution in [1.29, 1.82) is 0 Å². The van der Waals surface area contributed by atoms with Gasteiger partial charge in [-0.3, -0.25) is 4.79 Å². The number of nitrogens with one attached hydrogen (secondary N) is 1. The van der Waals surface area contributed by atoms with Crippen LogP contribution in [0.1, 0.15) is 30.9 Å². The van der Waals surface area contributed by atoms with Gasteiger partial charge in [-0.15, -0.1) is 5.92 Å². The molecule has 0 saturated heterocycles. The summed E-state index contributed by atoms with van der Waals surface area (Å²) in [6.07, 6.45) is 2.92. The van der Waals surface area contributed by atoms with Crippen LogP contribution < -0.4 is 16.8 Å². The Balaban J connectivity index is 2.25. The monoisotopic (exact) mass is 273 g/mol. The molecule has 0 aliphatic rings. The Morgan fingerprint density at radius 1 is 1.40 bits per heavy atom. The Labute approximate surface area is 120 Å². The quantitative estimate of drug-likeness (QED) is 0.507. The molecule has 0 spiro atoms. The van der Waals surface area contributed by atoms with Crippen LogP contribution in [0, 0.1) is 11.8 Å². The van der Waals surface area contributed by atoms with Crippen molar-refractivity contribution in [3.05, 3.63) is 35.4 Å². The summed E-state index contributed by atoms with van der Waals surface area (Å²) in [5, 5.41) is 2.79. The van der Waals surface area contributed by atoms with Crippen molar-refractivity contribution in [1.82, 2.24) is 5.32 Å². The van der Waals surface area contributed by atoms with E-state index in [0.717, 1.165) is 24.8 Å². The van der Waals surface area contributed by atoms with E-state index in [2.05, 4.69) is 29.3 Å². The van der Waals surface area contributed by atoms with E-state index in [0.29, 0.717) is 6.54 Å². The second-order valence-electron chi connectivity index (χ2n) is 4.67. The van der Waals surface area contributed by atoms with Gasteiger partial charge in [-0.1, -0.05) is 18.1 Å². The fourth-order valence-corrected chi connectivity index (χ4v) is 1.85. The van der Waals surface area contributed by atoms with Crippen molar-refractivity contribution in [3.63, 3.8) is 0 Å². The Hall–Kier alpha value is -1.83. The minimum absolute atomic E-state index is 0.173. The number of aryl methyl sites for hydroxylation is 1. The van der Waals surface area contributed by atoms with Crippen molar-refractivity contribution in [2.24, 2.45) is 11.5 Å². The summed E-state index contributed by atoms with van der Waals surface area (Å²) < 4.78 is 0. The highest BCUT2D eigenvalue weighted by Gasteiger charge is 2.09. The molecule has 0 fully saturated rings. The standard InChI is InChI=1S/C16H23N3O/c1-2-6-13-8-5-9-14(11-13)7-3-4-10-19-16(20)15(18)12-17/h5,8-9,11,15H,3-4,7,10,12,17-18H2,1H3,(H,19,20). The molecule has 0 radical (unpaired) electrons. The summed E-state index contributed by atoms with van der Waals surface area (Å²) in [5.41, 5.74) is 13.2. The summed E-state index contributed by atoms with van der Waals surface area (Å²) >= 11 is 0. The molecule has 0 aromatic heterocycles. The van der Waals surface area contributed by atoms with E-state index in [1.165, 1.54) is 5.56 Å². The first-order valence-corrected chi connectivity index (χ1v) is 6.92. The first-order valence-electron chi connectivity index (χ1n) is 6.92. The van der Waals surface area contributed by atoms with Gasteiger partial charge in [0.15, 0.2) is 0 Å². The number of carbonyl (C=O) groups excluding carboxylic acids is 1. The molecule has 4 nitrogen and oxygen atoms in total. The minimum Gasteiger partial charge on any atom is -0.355 e. The van der Waals surface area contributed by atoms with Gasteiger partial charge in [0.25, 0.3) is 0 Å². The molecule has 1 aromatic carbocycles. The minimum atomic E-state index is -0.598. The third-order valence-electron chi connectivity index (χ3n) is 2.98. The molecule has 1 amide bonds. The Bertz CT molecular complexity index is 488. The number of hydrogen-bond acceptors (Lipinski definition) is 3. The Morgan fingerprint density at radius 3 is 2.90 bits per heavy atom. The zero-order valence-corrected chi connectivity index (χ0v) is 12.0. The third-order valence-corrected chi connectivity index (χ3v) is 2.98. The Kier molecular flexibility index (Phi) is 7.41. The summed E-state index contributed by atoms with van der Waals surface area (Å²) in [6.45, 7) is 2.65. The number of hydrogen-bond donors (Lipinski definition) is 3. The SMILES string of the molecule is CC#Cc1cccc(CCCCNC(=O)C(N)CN)c1. The number of carbonyl (C=O) groups is 1. The molecule has 5 N–H and O–H groups in total. The molecule has 20 heavy (non-hydrogen) atoms. The number of benzene rings is 1. The number of rotatable bonds is 7. The molecule has 108 valence electrons. The van der Waals surface area contributed by atoms with Gasteiger partial charge in [-0.2, -0.15) is 0 Å². The van der Waals surface area contributed by atoms with E-state index in [9.17, 15) is 4.79 Å². The van der Waals surface area contributed by atoms with E-state index in [1.807, 2.05) is 19.1 Å². The van der Waals surface area contributed by atoms with Crippen LogP contribution >= 0.6 is 0 Å². The first-order chi connectivity index (χ1) is 9.67. The van der Waals surface area contributed by atoms with Crippen LogP contribution in [0.4, 0.5) is 0 Å². The molecule has 0 saturated carbocycles. The number of nitrogens with two attached hydrogens (primary N) is 2. The molecule has 0 bridgehead atoms. The molecular weight excluding hydrogens is 250 g/mol. The topological polar surface area (TPSA) is 81.1 Å². The van der Waals surface area contributed by atoms with Gasteiger partial charge in [-0.25, -0.2) is 0 Å². The molecule has 1 unspecified atom stereocenters. The molecule has 1 rings (SSSR count). The van der Waals surface area contributed by atoms with Crippen LogP contribution in [0.25, 0.3) is 0 Å². The average molecular weight is 273 g/mol. The van der Waals surface area contributed by atoms with Gasteiger partial charge in [0.1, 0.15) is 0 Å². The highest BCUT2D eigenvalue weighted by molar-refractivity contribution is 5.81. The van der Waals surface area contributed by atoms with E-state index in [4.69, 9.17) is 11.5 Å². The highest BCUT2D eigenvalue weighted by Crippen LogP contribution is 2.07. The van der Waals surface area contributed by atoms with E-state index in [1.54, 1.807) is 0 Å². The zero-order valence-electron chi connectivity index (χ0n) is 12.0. The molecule has 0 heterocycles. The molecule has 0 aliphatic heterocycles. The van der Waals surface area contributed by atoms with Crippen LogP contribution in [0.2, 0.25) is 0 Å². The lowest BCUT2D eigenvalue weighted by atomic mass is 10.1. The maximum absolute atomic E-state index is 11.4. The van der Waals surface area contributed by atoms with E-state index < -0.39 is 6.04 Å². The maximum atomic E-state index is 11.4.